The van der Waals surface area contributed by atoms with E-state index in [1.165, 1.54) is 24.5 Å². The third kappa shape index (κ3) is 3.39. The summed E-state index contributed by atoms with van der Waals surface area (Å²) in [5.74, 6) is -0.720. The maximum absolute atomic E-state index is 14.0. The number of pyridine rings is 1. The van der Waals surface area contributed by atoms with Gasteiger partial charge in [-0.15, -0.1) is 0 Å². The molecule has 0 bridgehead atoms. The summed E-state index contributed by atoms with van der Waals surface area (Å²) in [7, 11) is 0. The Morgan fingerprint density at radius 1 is 1.18 bits per heavy atom. The van der Waals surface area contributed by atoms with Crippen LogP contribution in [0.25, 0.3) is 0 Å². The Kier molecular flexibility index (Phi) is 4.00. The van der Waals surface area contributed by atoms with Crippen molar-refractivity contribution in [2.24, 2.45) is 4.99 Å². The van der Waals surface area contributed by atoms with E-state index in [1.807, 2.05) is 30.3 Å². The SMILES string of the molecule is FC(F)(Oc1cccnc1)C1=NC(Cc2ccccc2)CO1. The van der Waals surface area contributed by atoms with Crippen LogP contribution in [0, 0.1) is 0 Å². The lowest BCUT2D eigenvalue weighted by atomic mass is 10.1. The molecule has 1 unspecified atom stereocenters. The number of aromatic nitrogens is 1. The second kappa shape index (κ2) is 6.09. The van der Waals surface area contributed by atoms with Gasteiger partial charge in [0.25, 0.3) is 0 Å². The molecule has 3 rings (SSSR count). The second-order valence-corrected chi connectivity index (χ2v) is 4.90. The highest BCUT2D eigenvalue weighted by molar-refractivity contribution is 5.83. The van der Waals surface area contributed by atoms with Gasteiger partial charge >= 0.3 is 12.0 Å². The molecule has 0 aliphatic carbocycles. The molecule has 0 saturated heterocycles. The molecule has 4 nitrogen and oxygen atoms in total. The number of aliphatic imine (C=N–C) groups is 1. The van der Waals surface area contributed by atoms with Gasteiger partial charge in [0, 0.05) is 6.20 Å². The van der Waals surface area contributed by atoms with Gasteiger partial charge in [0.1, 0.15) is 12.4 Å². The first kappa shape index (κ1) is 14.4. The zero-order chi connectivity index (χ0) is 15.4. The van der Waals surface area contributed by atoms with Gasteiger partial charge in [0.05, 0.1) is 12.2 Å². The standard InChI is InChI=1S/C16H14F2N2O2/c17-16(18,22-14-7-4-8-19-10-14)15-20-13(11-21-15)9-12-5-2-1-3-6-12/h1-8,10,13H,9,11H2. The summed E-state index contributed by atoms with van der Waals surface area (Å²) in [4.78, 5) is 7.68. The van der Waals surface area contributed by atoms with Crippen molar-refractivity contribution in [2.75, 3.05) is 6.61 Å². The number of ether oxygens (including phenoxy) is 2. The predicted octanol–water partition coefficient (Wildman–Crippen LogP) is 3.09. The van der Waals surface area contributed by atoms with Crippen LogP contribution in [0.1, 0.15) is 5.56 Å². The van der Waals surface area contributed by atoms with Gasteiger partial charge in [-0.1, -0.05) is 30.3 Å². The molecule has 22 heavy (non-hydrogen) atoms. The summed E-state index contributed by atoms with van der Waals surface area (Å²) in [6.07, 6.45) is -0.364. The van der Waals surface area contributed by atoms with Crippen molar-refractivity contribution < 1.29 is 18.3 Å². The van der Waals surface area contributed by atoms with Gasteiger partial charge < -0.3 is 9.47 Å². The fraction of sp³-hybridized carbons (Fsp3) is 0.250. The summed E-state index contributed by atoms with van der Waals surface area (Å²) in [6, 6.07) is 12.1. The van der Waals surface area contributed by atoms with Crippen molar-refractivity contribution in [1.29, 1.82) is 0 Å². The highest BCUT2D eigenvalue weighted by Gasteiger charge is 2.45. The minimum Gasteiger partial charge on any atom is -0.472 e. The Morgan fingerprint density at radius 3 is 2.73 bits per heavy atom. The Bertz CT molecular complexity index is 648. The number of hydrogen-bond donors (Lipinski definition) is 0. The third-order valence-electron chi connectivity index (χ3n) is 3.16. The predicted molar refractivity (Wildman–Crippen MR) is 77.1 cm³/mol. The van der Waals surface area contributed by atoms with Crippen molar-refractivity contribution >= 4 is 5.90 Å². The average Bonchev–Trinajstić information content (AvgIpc) is 2.98. The molecule has 0 fully saturated rings. The van der Waals surface area contributed by atoms with Gasteiger partial charge in [-0.05, 0) is 24.1 Å². The van der Waals surface area contributed by atoms with Crippen molar-refractivity contribution in [3.8, 4) is 5.75 Å². The van der Waals surface area contributed by atoms with Crippen molar-refractivity contribution in [2.45, 2.75) is 18.6 Å². The fourth-order valence-corrected chi connectivity index (χ4v) is 2.16. The lowest BCUT2D eigenvalue weighted by molar-refractivity contribution is -0.125. The topological polar surface area (TPSA) is 43.7 Å². The zero-order valence-electron chi connectivity index (χ0n) is 11.7. The first-order valence-corrected chi connectivity index (χ1v) is 6.85. The summed E-state index contributed by atoms with van der Waals surface area (Å²) in [6.45, 7) is 0.121. The Hall–Kier alpha value is -2.50. The summed E-state index contributed by atoms with van der Waals surface area (Å²) in [5.41, 5.74) is 1.03. The largest absolute Gasteiger partial charge is 0.479 e. The molecule has 6 heteroatoms. The highest BCUT2D eigenvalue weighted by Crippen LogP contribution is 2.26. The molecule has 1 atom stereocenters. The van der Waals surface area contributed by atoms with E-state index in [2.05, 4.69) is 14.7 Å². The van der Waals surface area contributed by atoms with E-state index < -0.39 is 12.0 Å². The first-order chi connectivity index (χ1) is 10.6. The molecule has 0 amide bonds. The molecule has 1 aliphatic rings. The van der Waals surface area contributed by atoms with Crippen molar-refractivity contribution in [1.82, 2.24) is 4.98 Å². The van der Waals surface area contributed by atoms with E-state index in [0.717, 1.165) is 5.56 Å². The highest BCUT2D eigenvalue weighted by atomic mass is 19.3. The Labute approximate surface area is 126 Å². The number of rotatable bonds is 5. The van der Waals surface area contributed by atoms with Crippen molar-refractivity contribution in [3.05, 3.63) is 60.4 Å². The van der Waals surface area contributed by atoms with Crippen LogP contribution in [0.5, 0.6) is 5.75 Å². The van der Waals surface area contributed by atoms with E-state index in [0.29, 0.717) is 6.42 Å². The van der Waals surface area contributed by atoms with Crippen LogP contribution in [0.15, 0.2) is 59.9 Å². The van der Waals surface area contributed by atoms with Gasteiger partial charge in [-0.3, -0.25) is 4.98 Å². The van der Waals surface area contributed by atoms with Crippen LogP contribution in [0.3, 0.4) is 0 Å². The quantitative estimate of drug-likeness (QED) is 0.852. The lowest BCUT2D eigenvalue weighted by Gasteiger charge is -2.16. The van der Waals surface area contributed by atoms with Crippen LogP contribution in [0.2, 0.25) is 0 Å². The summed E-state index contributed by atoms with van der Waals surface area (Å²) >= 11 is 0. The molecular weight excluding hydrogens is 290 g/mol. The second-order valence-electron chi connectivity index (χ2n) is 4.90. The number of hydrogen-bond acceptors (Lipinski definition) is 4. The van der Waals surface area contributed by atoms with Crippen LogP contribution in [-0.4, -0.2) is 29.6 Å². The summed E-state index contributed by atoms with van der Waals surface area (Å²) < 4.78 is 37.7. The number of benzene rings is 1. The zero-order valence-corrected chi connectivity index (χ0v) is 11.7. The number of halogens is 2. The van der Waals surface area contributed by atoms with Gasteiger partial charge in [-0.25, -0.2) is 4.99 Å². The normalized spacial score (nSPS) is 17.7. The third-order valence-corrected chi connectivity index (χ3v) is 3.16. The van der Waals surface area contributed by atoms with Crippen LogP contribution < -0.4 is 4.74 Å². The number of alkyl halides is 2. The van der Waals surface area contributed by atoms with Gasteiger partial charge in [0.2, 0.25) is 0 Å². The molecule has 1 aliphatic heterocycles. The molecule has 0 N–H and O–H groups in total. The molecule has 2 aromatic rings. The maximum atomic E-state index is 14.0. The Morgan fingerprint density at radius 2 is 2.00 bits per heavy atom. The molecule has 0 spiro atoms. The van der Waals surface area contributed by atoms with E-state index in [-0.39, 0.29) is 18.4 Å². The van der Waals surface area contributed by atoms with E-state index in [9.17, 15) is 8.78 Å². The molecule has 114 valence electrons. The smallest absolute Gasteiger partial charge is 0.472 e. The molecule has 0 radical (unpaired) electrons. The van der Waals surface area contributed by atoms with Crippen LogP contribution in [-0.2, 0) is 11.2 Å². The fourth-order valence-electron chi connectivity index (χ4n) is 2.16. The lowest BCUT2D eigenvalue weighted by Crippen LogP contribution is -2.35. The number of nitrogens with zero attached hydrogens (tertiary/aromatic N) is 2. The monoisotopic (exact) mass is 304 g/mol. The van der Waals surface area contributed by atoms with E-state index in [1.54, 1.807) is 0 Å². The van der Waals surface area contributed by atoms with Crippen LogP contribution in [0.4, 0.5) is 8.78 Å². The maximum Gasteiger partial charge on any atom is 0.479 e. The molecule has 0 saturated carbocycles. The van der Waals surface area contributed by atoms with Crippen molar-refractivity contribution in [3.63, 3.8) is 0 Å². The summed E-state index contributed by atoms with van der Waals surface area (Å²) in [5, 5.41) is 0. The molecule has 2 heterocycles. The minimum absolute atomic E-state index is 0.0368. The molecule has 1 aromatic carbocycles. The van der Waals surface area contributed by atoms with Gasteiger partial charge in [0.15, 0.2) is 0 Å². The van der Waals surface area contributed by atoms with Crippen LogP contribution >= 0.6 is 0 Å². The average molecular weight is 304 g/mol. The van der Waals surface area contributed by atoms with E-state index in [4.69, 9.17) is 4.74 Å². The van der Waals surface area contributed by atoms with Gasteiger partial charge in [-0.2, -0.15) is 8.78 Å². The molecule has 1 aromatic heterocycles. The molecular formula is C16H14F2N2O2. The first-order valence-electron chi connectivity index (χ1n) is 6.85. The Balaban J connectivity index is 1.68. The minimum atomic E-state index is -3.60. The van der Waals surface area contributed by atoms with E-state index >= 15 is 0 Å².